The molecule has 0 N–H and O–H groups in total. The van der Waals surface area contributed by atoms with Crippen LogP contribution in [0.1, 0.15) is 11.1 Å². The van der Waals surface area contributed by atoms with Crippen LogP contribution in [-0.2, 0) is 0 Å². The molecule has 0 atom stereocenters. The third kappa shape index (κ3) is 1.71. The largest absolute Gasteiger partial charge is 0.255 e. The zero-order valence-electron chi connectivity index (χ0n) is 7.88. The summed E-state index contributed by atoms with van der Waals surface area (Å²) in [5.74, 6) is 0. The second-order valence-corrected chi connectivity index (χ2v) is 4.45. The lowest BCUT2D eigenvalue weighted by Crippen LogP contribution is -1.87. The molecule has 0 aliphatic carbocycles. The molecular formula is C11H6BrClN2. The monoisotopic (exact) mass is 280 g/mol. The van der Waals surface area contributed by atoms with Gasteiger partial charge in [0.15, 0.2) is 0 Å². The summed E-state index contributed by atoms with van der Waals surface area (Å²) < 4.78 is 0.966. The predicted molar refractivity (Wildman–Crippen MR) is 63.9 cm³/mol. The maximum Gasteiger partial charge on any atom is 0.102 e. The molecule has 4 heteroatoms. The van der Waals surface area contributed by atoms with Gasteiger partial charge in [-0.3, -0.25) is 4.98 Å². The molecule has 15 heavy (non-hydrogen) atoms. The van der Waals surface area contributed by atoms with E-state index in [1.54, 1.807) is 0 Å². The fourth-order valence-electron chi connectivity index (χ4n) is 1.36. The third-order valence-electron chi connectivity index (χ3n) is 2.20. The van der Waals surface area contributed by atoms with E-state index >= 15 is 0 Å². The Kier molecular flexibility index (Phi) is 2.64. The first-order valence-electron chi connectivity index (χ1n) is 4.28. The number of hydrogen-bond acceptors (Lipinski definition) is 2. The van der Waals surface area contributed by atoms with Crippen LogP contribution in [-0.4, -0.2) is 4.98 Å². The van der Waals surface area contributed by atoms with Crippen molar-refractivity contribution in [1.29, 1.82) is 5.26 Å². The Morgan fingerprint density at radius 1 is 1.47 bits per heavy atom. The minimum atomic E-state index is 0.403. The second kappa shape index (κ2) is 3.80. The van der Waals surface area contributed by atoms with Gasteiger partial charge < -0.3 is 0 Å². The molecular weight excluding hydrogens is 275 g/mol. The summed E-state index contributed by atoms with van der Waals surface area (Å²) in [5.41, 5.74) is 2.30. The van der Waals surface area contributed by atoms with E-state index in [1.807, 2.05) is 25.1 Å². The van der Waals surface area contributed by atoms with Crippen LogP contribution in [0.15, 0.2) is 22.8 Å². The van der Waals surface area contributed by atoms with Gasteiger partial charge in [0.05, 0.1) is 16.1 Å². The standard InChI is InChI=1S/C11H6BrClN2/c1-6-2-10-8(3-9(6)12)11(13)7(4-14)5-15-10/h2-3,5H,1H3. The first kappa shape index (κ1) is 10.4. The number of aryl methyl sites for hydroxylation is 1. The molecule has 0 bridgehead atoms. The van der Waals surface area contributed by atoms with Crippen LogP contribution in [0.4, 0.5) is 0 Å². The molecule has 0 saturated heterocycles. The van der Waals surface area contributed by atoms with Crippen molar-refractivity contribution < 1.29 is 0 Å². The van der Waals surface area contributed by atoms with Gasteiger partial charge in [0.2, 0.25) is 0 Å². The molecule has 1 heterocycles. The van der Waals surface area contributed by atoms with Crippen molar-refractivity contribution in [1.82, 2.24) is 4.98 Å². The predicted octanol–water partition coefficient (Wildman–Crippen LogP) is 3.83. The number of halogens is 2. The fraction of sp³-hybridized carbons (Fsp3) is 0.0909. The van der Waals surface area contributed by atoms with E-state index in [4.69, 9.17) is 16.9 Å². The van der Waals surface area contributed by atoms with Crippen molar-refractivity contribution in [2.24, 2.45) is 0 Å². The number of benzene rings is 1. The van der Waals surface area contributed by atoms with Gasteiger partial charge in [0.25, 0.3) is 0 Å². The number of nitriles is 1. The molecule has 1 aromatic heterocycles. The average molecular weight is 282 g/mol. The minimum Gasteiger partial charge on any atom is -0.255 e. The van der Waals surface area contributed by atoms with Gasteiger partial charge in [-0.15, -0.1) is 0 Å². The highest BCUT2D eigenvalue weighted by Crippen LogP contribution is 2.29. The molecule has 2 rings (SSSR count). The number of hydrogen-bond donors (Lipinski definition) is 0. The number of nitrogens with zero attached hydrogens (tertiary/aromatic N) is 2. The summed E-state index contributed by atoms with van der Waals surface area (Å²) in [5, 5.41) is 10.1. The SMILES string of the molecule is Cc1cc2ncc(C#N)c(Cl)c2cc1Br. The smallest absolute Gasteiger partial charge is 0.102 e. The van der Waals surface area contributed by atoms with Crippen molar-refractivity contribution >= 4 is 38.4 Å². The summed E-state index contributed by atoms with van der Waals surface area (Å²) in [4.78, 5) is 4.19. The summed E-state index contributed by atoms with van der Waals surface area (Å²) in [7, 11) is 0. The van der Waals surface area contributed by atoms with E-state index in [9.17, 15) is 0 Å². The van der Waals surface area contributed by atoms with Gasteiger partial charge in [-0.25, -0.2) is 0 Å². The van der Waals surface area contributed by atoms with Gasteiger partial charge in [-0.2, -0.15) is 5.26 Å². The highest BCUT2D eigenvalue weighted by Gasteiger charge is 2.08. The van der Waals surface area contributed by atoms with Gasteiger partial charge >= 0.3 is 0 Å². The van der Waals surface area contributed by atoms with Crippen LogP contribution in [0.25, 0.3) is 10.9 Å². The average Bonchev–Trinajstić information content (AvgIpc) is 2.22. The summed E-state index contributed by atoms with van der Waals surface area (Å²) in [6.07, 6.45) is 1.50. The van der Waals surface area contributed by atoms with Gasteiger partial charge in [0.1, 0.15) is 6.07 Å². The quantitative estimate of drug-likeness (QED) is 0.736. The van der Waals surface area contributed by atoms with Crippen molar-refractivity contribution in [2.45, 2.75) is 6.92 Å². The van der Waals surface area contributed by atoms with Crippen LogP contribution >= 0.6 is 27.5 Å². The van der Waals surface area contributed by atoms with Crippen molar-refractivity contribution in [3.8, 4) is 6.07 Å². The van der Waals surface area contributed by atoms with Crippen molar-refractivity contribution in [3.05, 3.63) is 39.0 Å². The molecule has 74 valence electrons. The Morgan fingerprint density at radius 2 is 2.20 bits per heavy atom. The Labute approximate surface area is 101 Å². The summed E-state index contributed by atoms with van der Waals surface area (Å²) in [6, 6.07) is 5.84. The molecule has 0 aliphatic heterocycles. The lowest BCUT2D eigenvalue weighted by molar-refractivity contribution is 1.35. The number of aromatic nitrogens is 1. The van der Waals surface area contributed by atoms with Gasteiger partial charge in [-0.1, -0.05) is 27.5 Å². The molecule has 0 radical (unpaired) electrons. The zero-order chi connectivity index (χ0) is 11.0. The third-order valence-corrected chi connectivity index (χ3v) is 3.46. The van der Waals surface area contributed by atoms with E-state index < -0.39 is 0 Å². The second-order valence-electron chi connectivity index (χ2n) is 3.22. The molecule has 0 amide bonds. The Hall–Kier alpha value is -1.11. The zero-order valence-corrected chi connectivity index (χ0v) is 10.2. The molecule has 0 saturated carbocycles. The van der Waals surface area contributed by atoms with Crippen molar-refractivity contribution in [3.63, 3.8) is 0 Å². The van der Waals surface area contributed by atoms with Crippen LogP contribution in [0.3, 0.4) is 0 Å². The normalized spacial score (nSPS) is 10.3. The van der Waals surface area contributed by atoms with E-state index in [0.717, 1.165) is 20.9 Å². The molecule has 2 aromatic rings. The first-order valence-corrected chi connectivity index (χ1v) is 5.45. The molecule has 1 aromatic carbocycles. The number of fused-ring (bicyclic) bond motifs is 1. The van der Waals surface area contributed by atoms with Crippen LogP contribution in [0.2, 0.25) is 5.02 Å². The topological polar surface area (TPSA) is 36.7 Å². The molecule has 0 fully saturated rings. The Morgan fingerprint density at radius 3 is 2.87 bits per heavy atom. The van der Waals surface area contributed by atoms with Gasteiger partial charge in [-0.05, 0) is 24.6 Å². The van der Waals surface area contributed by atoms with E-state index in [1.165, 1.54) is 6.20 Å². The maximum absolute atomic E-state index is 8.82. The van der Waals surface area contributed by atoms with E-state index in [-0.39, 0.29) is 0 Å². The van der Waals surface area contributed by atoms with Gasteiger partial charge in [0, 0.05) is 16.1 Å². The van der Waals surface area contributed by atoms with E-state index in [0.29, 0.717) is 10.6 Å². The highest BCUT2D eigenvalue weighted by molar-refractivity contribution is 9.10. The van der Waals surface area contributed by atoms with Crippen molar-refractivity contribution in [2.75, 3.05) is 0 Å². The van der Waals surface area contributed by atoms with Crippen LogP contribution in [0, 0.1) is 18.3 Å². The summed E-state index contributed by atoms with van der Waals surface area (Å²) in [6.45, 7) is 1.98. The Bertz CT molecular complexity index is 587. The molecule has 0 aliphatic rings. The molecule has 2 nitrogen and oxygen atoms in total. The minimum absolute atomic E-state index is 0.403. The number of pyridine rings is 1. The summed E-state index contributed by atoms with van der Waals surface area (Å²) >= 11 is 9.51. The van der Waals surface area contributed by atoms with Crippen LogP contribution < -0.4 is 0 Å². The van der Waals surface area contributed by atoms with E-state index in [2.05, 4.69) is 20.9 Å². The lowest BCUT2D eigenvalue weighted by atomic mass is 10.1. The molecule has 0 spiro atoms. The maximum atomic E-state index is 8.82. The first-order chi connectivity index (χ1) is 7.13. The molecule has 0 unspecified atom stereocenters. The lowest BCUT2D eigenvalue weighted by Gasteiger charge is -2.04. The Balaban J connectivity index is 2.89. The highest BCUT2D eigenvalue weighted by atomic mass is 79.9. The number of rotatable bonds is 0. The van der Waals surface area contributed by atoms with Crippen LogP contribution in [0.5, 0.6) is 0 Å². The fourth-order valence-corrected chi connectivity index (χ4v) is 1.95.